The van der Waals surface area contributed by atoms with Crippen molar-refractivity contribution in [2.45, 2.75) is 18.1 Å². The molecule has 0 saturated carbocycles. The van der Waals surface area contributed by atoms with Gasteiger partial charge >= 0.3 is 6.03 Å². The van der Waals surface area contributed by atoms with Gasteiger partial charge in [0, 0.05) is 36.9 Å². The molecule has 1 atom stereocenters. The molecule has 0 radical (unpaired) electrons. The summed E-state index contributed by atoms with van der Waals surface area (Å²) >= 11 is 0. The van der Waals surface area contributed by atoms with Crippen molar-refractivity contribution in [3.63, 3.8) is 0 Å². The summed E-state index contributed by atoms with van der Waals surface area (Å²) in [6.07, 6.45) is 4.34. The highest BCUT2D eigenvalue weighted by atomic mass is 32.2. The van der Waals surface area contributed by atoms with Gasteiger partial charge in [-0.1, -0.05) is 18.2 Å². The van der Waals surface area contributed by atoms with E-state index in [0.717, 1.165) is 0 Å². The van der Waals surface area contributed by atoms with Gasteiger partial charge < -0.3 is 10.2 Å². The smallest absolute Gasteiger partial charge is 0.321 e. The number of amides is 2. The number of benzene rings is 1. The molecule has 1 aromatic heterocycles. The van der Waals surface area contributed by atoms with Gasteiger partial charge in [0.1, 0.15) is 0 Å². The molecule has 1 aliphatic rings. The third-order valence-corrected chi connectivity index (χ3v) is 5.85. The third kappa shape index (κ3) is 4.48. The standard InChI is InChI=1S/C17H20N4O3S/c22-17(19-14-8-10-18-11-9-14)21-12-4-7-16(13-21)25(23,24)20-15-5-2-1-3-6-15/h1-3,5-6,8-11,16,20H,4,7,12-13H2,(H,18,19,22)/t16-/m0/s1. The molecule has 0 unspecified atom stereocenters. The van der Waals surface area contributed by atoms with E-state index in [4.69, 9.17) is 0 Å². The van der Waals surface area contributed by atoms with Crippen molar-refractivity contribution >= 4 is 27.4 Å². The minimum Gasteiger partial charge on any atom is -0.323 e. The lowest BCUT2D eigenvalue weighted by Crippen LogP contribution is -2.48. The van der Waals surface area contributed by atoms with Crippen LogP contribution in [-0.4, -0.2) is 42.7 Å². The van der Waals surface area contributed by atoms with E-state index < -0.39 is 15.3 Å². The Balaban J connectivity index is 1.65. The molecule has 2 aromatic rings. The Hall–Kier alpha value is -2.61. The molecule has 7 nitrogen and oxygen atoms in total. The highest BCUT2D eigenvalue weighted by molar-refractivity contribution is 7.93. The van der Waals surface area contributed by atoms with E-state index in [9.17, 15) is 13.2 Å². The van der Waals surface area contributed by atoms with Crippen molar-refractivity contribution in [3.8, 4) is 0 Å². The number of sulfonamides is 1. The molecular weight excluding hydrogens is 340 g/mol. The number of nitrogens with zero attached hydrogens (tertiary/aromatic N) is 2. The molecular formula is C17H20N4O3S. The number of nitrogens with one attached hydrogen (secondary N) is 2. The number of pyridine rings is 1. The first-order valence-corrected chi connectivity index (χ1v) is 9.62. The Morgan fingerprint density at radius 2 is 1.80 bits per heavy atom. The van der Waals surface area contributed by atoms with Gasteiger partial charge in [-0.3, -0.25) is 9.71 Å². The van der Waals surface area contributed by atoms with Crippen LogP contribution in [0.1, 0.15) is 12.8 Å². The molecule has 1 saturated heterocycles. The quantitative estimate of drug-likeness (QED) is 0.876. The Morgan fingerprint density at radius 1 is 1.08 bits per heavy atom. The van der Waals surface area contributed by atoms with Crippen LogP contribution in [0.25, 0.3) is 0 Å². The topological polar surface area (TPSA) is 91.4 Å². The molecule has 1 aliphatic heterocycles. The van der Waals surface area contributed by atoms with Crippen LogP contribution in [0.2, 0.25) is 0 Å². The average molecular weight is 360 g/mol. The van der Waals surface area contributed by atoms with Crippen molar-refractivity contribution in [1.29, 1.82) is 0 Å². The Labute approximate surface area is 147 Å². The first-order chi connectivity index (χ1) is 12.0. The summed E-state index contributed by atoms with van der Waals surface area (Å²) in [7, 11) is -3.56. The minimum atomic E-state index is -3.56. The molecule has 3 rings (SSSR count). The summed E-state index contributed by atoms with van der Waals surface area (Å²) in [5.74, 6) is 0. The lowest BCUT2D eigenvalue weighted by atomic mass is 10.1. The minimum absolute atomic E-state index is 0.166. The summed E-state index contributed by atoms with van der Waals surface area (Å²) < 4.78 is 27.8. The van der Waals surface area contributed by atoms with Crippen LogP contribution in [0, 0.1) is 0 Å². The monoisotopic (exact) mass is 360 g/mol. The second-order valence-electron chi connectivity index (χ2n) is 5.89. The molecule has 132 valence electrons. The third-order valence-electron chi connectivity index (χ3n) is 4.07. The fourth-order valence-corrected chi connectivity index (χ4v) is 4.25. The molecule has 2 amide bonds. The summed E-state index contributed by atoms with van der Waals surface area (Å²) in [4.78, 5) is 17.8. The summed E-state index contributed by atoms with van der Waals surface area (Å²) in [5.41, 5.74) is 1.16. The van der Waals surface area contributed by atoms with Gasteiger partial charge in [-0.05, 0) is 37.1 Å². The van der Waals surface area contributed by atoms with Crippen molar-refractivity contribution in [1.82, 2.24) is 9.88 Å². The predicted octanol–water partition coefficient (Wildman–Crippen LogP) is 2.52. The molecule has 1 fully saturated rings. The van der Waals surface area contributed by atoms with E-state index in [1.165, 1.54) is 0 Å². The Morgan fingerprint density at radius 3 is 2.52 bits per heavy atom. The number of urea groups is 1. The summed E-state index contributed by atoms with van der Waals surface area (Å²) in [6, 6.07) is 11.8. The number of hydrogen-bond donors (Lipinski definition) is 2. The van der Waals surface area contributed by atoms with Crippen LogP contribution in [0.3, 0.4) is 0 Å². The van der Waals surface area contributed by atoms with Crippen LogP contribution in [0.15, 0.2) is 54.9 Å². The summed E-state index contributed by atoms with van der Waals surface area (Å²) in [6.45, 7) is 0.702. The van der Waals surface area contributed by atoms with Crippen molar-refractivity contribution in [2.24, 2.45) is 0 Å². The molecule has 0 spiro atoms. The zero-order valence-corrected chi connectivity index (χ0v) is 14.4. The molecule has 0 aliphatic carbocycles. The fourth-order valence-electron chi connectivity index (χ4n) is 2.77. The SMILES string of the molecule is O=C(Nc1ccncc1)N1CCC[C@H](S(=O)(=O)Nc2ccccc2)C1. The number of hydrogen-bond acceptors (Lipinski definition) is 4. The average Bonchev–Trinajstić information content (AvgIpc) is 2.63. The van der Waals surface area contributed by atoms with Crippen LogP contribution in [0.5, 0.6) is 0 Å². The normalized spacial score (nSPS) is 17.8. The lowest BCUT2D eigenvalue weighted by Gasteiger charge is -2.32. The number of carbonyl (C=O) groups is 1. The maximum Gasteiger partial charge on any atom is 0.321 e. The van der Waals surface area contributed by atoms with E-state index >= 15 is 0 Å². The molecule has 25 heavy (non-hydrogen) atoms. The Bertz CT molecular complexity index is 812. The second-order valence-corrected chi connectivity index (χ2v) is 7.85. The van der Waals surface area contributed by atoms with Crippen LogP contribution >= 0.6 is 0 Å². The highest BCUT2D eigenvalue weighted by Crippen LogP contribution is 2.20. The number of rotatable bonds is 4. The number of piperidine rings is 1. The first kappa shape index (κ1) is 17.2. The van der Waals surface area contributed by atoms with E-state index in [-0.39, 0.29) is 12.6 Å². The van der Waals surface area contributed by atoms with E-state index in [0.29, 0.717) is 30.8 Å². The summed E-state index contributed by atoms with van der Waals surface area (Å²) in [5, 5.41) is 2.13. The zero-order chi connectivity index (χ0) is 17.7. The molecule has 2 N–H and O–H groups in total. The molecule has 1 aromatic carbocycles. The first-order valence-electron chi connectivity index (χ1n) is 8.07. The van der Waals surface area contributed by atoms with Crippen molar-refractivity contribution in [2.75, 3.05) is 23.1 Å². The fraction of sp³-hybridized carbons (Fsp3) is 0.294. The van der Waals surface area contributed by atoms with Gasteiger partial charge in [-0.15, -0.1) is 0 Å². The number of para-hydroxylation sites is 1. The molecule has 2 heterocycles. The van der Waals surface area contributed by atoms with Crippen molar-refractivity contribution < 1.29 is 13.2 Å². The zero-order valence-electron chi connectivity index (χ0n) is 13.6. The number of carbonyl (C=O) groups excluding carboxylic acids is 1. The highest BCUT2D eigenvalue weighted by Gasteiger charge is 2.32. The van der Waals surface area contributed by atoms with Gasteiger partial charge in [0.2, 0.25) is 10.0 Å². The van der Waals surface area contributed by atoms with Crippen LogP contribution in [0.4, 0.5) is 16.2 Å². The van der Waals surface area contributed by atoms with E-state index in [2.05, 4.69) is 15.0 Å². The van der Waals surface area contributed by atoms with Gasteiger partial charge in [-0.25, -0.2) is 13.2 Å². The van der Waals surface area contributed by atoms with E-state index in [1.807, 2.05) is 6.07 Å². The van der Waals surface area contributed by atoms with Gasteiger partial charge in [0.05, 0.1) is 5.25 Å². The largest absolute Gasteiger partial charge is 0.323 e. The molecule has 8 heteroatoms. The maximum atomic E-state index is 12.6. The van der Waals surface area contributed by atoms with E-state index in [1.54, 1.807) is 53.7 Å². The van der Waals surface area contributed by atoms with Gasteiger partial charge in [0.25, 0.3) is 0 Å². The Kier molecular flexibility index (Phi) is 5.18. The van der Waals surface area contributed by atoms with Crippen LogP contribution in [-0.2, 0) is 10.0 Å². The predicted molar refractivity (Wildman–Crippen MR) is 96.8 cm³/mol. The lowest BCUT2D eigenvalue weighted by molar-refractivity contribution is 0.200. The van der Waals surface area contributed by atoms with Gasteiger partial charge in [0.15, 0.2) is 0 Å². The number of anilines is 2. The number of aromatic nitrogens is 1. The van der Waals surface area contributed by atoms with Gasteiger partial charge in [-0.2, -0.15) is 0 Å². The number of likely N-dealkylation sites (tertiary alicyclic amines) is 1. The molecule has 0 bridgehead atoms. The van der Waals surface area contributed by atoms with Crippen LogP contribution < -0.4 is 10.0 Å². The maximum absolute atomic E-state index is 12.6. The second kappa shape index (κ2) is 7.52. The van der Waals surface area contributed by atoms with Crippen molar-refractivity contribution in [3.05, 3.63) is 54.9 Å².